The maximum absolute atomic E-state index is 13.5. The Bertz CT molecular complexity index is 436. The van der Waals surface area contributed by atoms with Crippen molar-refractivity contribution in [2.75, 3.05) is 26.8 Å². The Morgan fingerprint density at radius 1 is 1.05 bits per heavy atom. The van der Waals surface area contributed by atoms with Gasteiger partial charge in [-0.15, -0.1) is 0 Å². The van der Waals surface area contributed by atoms with E-state index in [1.807, 2.05) is 0 Å². The second-order valence-corrected chi connectivity index (χ2v) is 5.16. The van der Waals surface area contributed by atoms with E-state index in [0.29, 0.717) is 12.6 Å². The molecule has 0 unspecified atom stereocenters. The molecule has 108 valence electrons. The number of hydrogen-bond acceptors (Lipinski definition) is 3. The van der Waals surface area contributed by atoms with Gasteiger partial charge in [0.1, 0.15) is 5.82 Å². The summed E-state index contributed by atoms with van der Waals surface area (Å²) in [6, 6.07) is 1.33. The van der Waals surface area contributed by atoms with Gasteiger partial charge in [0.25, 0.3) is 0 Å². The summed E-state index contributed by atoms with van der Waals surface area (Å²) in [6.45, 7) is 1.56. The van der Waals surface area contributed by atoms with Gasteiger partial charge in [0.2, 0.25) is 0 Å². The predicted molar refractivity (Wildman–Crippen MR) is 64.9 cm³/mol. The predicted octanol–water partition coefficient (Wildman–Crippen LogP) is 1.53. The molecular formula is C13H18F3NO2. The Kier molecular flexibility index (Phi) is 5.34. The molecule has 0 aliphatic carbocycles. The van der Waals surface area contributed by atoms with Crippen LogP contribution in [0, 0.1) is 22.9 Å². The van der Waals surface area contributed by atoms with Crippen LogP contribution in [0.1, 0.15) is 12.5 Å². The minimum atomic E-state index is -1.22. The molecule has 2 N–H and O–H groups in total. The van der Waals surface area contributed by atoms with Crippen LogP contribution in [0.3, 0.4) is 0 Å². The Morgan fingerprint density at radius 2 is 1.58 bits per heavy atom. The first-order valence-electron chi connectivity index (χ1n) is 5.85. The highest BCUT2D eigenvalue weighted by atomic mass is 19.2. The first-order valence-corrected chi connectivity index (χ1v) is 5.85. The minimum Gasteiger partial charge on any atom is -0.396 e. The van der Waals surface area contributed by atoms with Gasteiger partial charge in [-0.25, -0.2) is 13.2 Å². The summed E-state index contributed by atoms with van der Waals surface area (Å²) in [4.78, 5) is 1.63. The van der Waals surface area contributed by atoms with Crippen LogP contribution in [0.15, 0.2) is 12.1 Å². The Morgan fingerprint density at radius 3 is 2.11 bits per heavy atom. The van der Waals surface area contributed by atoms with E-state index in [-0.39, 0.29) is 25.3 Å². The molecular weight excluding hydrogens is 259 g/mol. The van der Waals surface area contributed by atoms with Gasteiger partial charge in [0.15, 0.2) is 11.6 Å². The molecule has 1 rings (SSSR count). The first kappa shape index (κ1) is 15.9. The number of benzene rings is 1. The molecule has 0 atom stereocenters. The summed E-state index contributed by atoms with van der Waals surface area (Å²) in [5, 5.41) is 18.3. The Labute approximate surface area is 110 Å². The van der Waals surface area contributed by atoms with Gasteiger partial charge < -0.3 is 15.1 Å². The largest absolute Gasteiger partial charge is 0.396 e. The van der Waals surface area contributed by atoms with Gasteiger partial charge in [-0.2, -0.15) is 0 Å². The third-order valence-corrected chi connectivity index (χ3v) is 2.94. The molecule has 0 radical (unpaired) electrons. The molecule has 0 saturated heterocycles. The van der Waals surface area contributed by atoms with Crippen molar-refractivity contribution in [2.45, 2.75) is 13.5 Å². The van der Waals surface area contributed by atoms with Crippen LogP contribution in [0.2, 0.25) is 0 Å². The van der Waals surface area contributed by atoms with Gasteiger partial charge in [-0.1, -0.05) is 6.92 Å². The maximum Gasteiger partial charge on any atom is 0.161 e. The third kappa shape index (κ3) is 4.19. The van der Waals surface area contributed by atoms with Crippen molar-refractivity contribution in [3.05, 3.63) is 35.1 Å². The summed E-state index contributed by atoms with van der Waals surface area (Å²) in [7, 11) is 1.64. The molecule has 1 aromatic rings. The lowest BCUT2D eigenvalue weighted by molar-refractivity contribution is 0.0399. The molecule has 0 bridgehead atoms. The van der Waals surface area contributed by atoms with Crippen LogP contribution in [-0.2, 0) is 6.54 Å². The fourth-order valence-corrected chi connectivity index (χ4v) is 1.83. The second kappa shape index (κ2) is 6.36. The van der Waals surface area contributed by atoms with Crippen LogP contribution in [-0.4, -0.2) is 41.9 Å². The highest BCUT2D eigenvalue weighted by molar-refractivity contribution is 5.20. The van der Waals surface area contributed by atoms with Crippen LogP contribution < -0.4 is 0 Å². The molecule has 0 saturated carbocycles. The fourth-order valence-electron chi connectivity index (χ4n) is 1.83. The smallest absolute Gasteiger partial charge is 0.161 e. The third-order valence-electron chi connectivity index (χ3n) is 2.94. The van der Waals surface area contributed by atoms with E-state index in [9.17, 15) is 13.2 Å². The van der Waals surface area contributed by atoms with Crippen molar-refractivity contribution in [2.24, 2.45) is 5.41 Å². The highest BCUT2D eigenvalue weighted by Gasteiger charge is 2.24. The highest BCUT2D eigenvalue weighted by Crippen LogP contribution is 2.19. The molecule has 0 aliphatic rings. The monoisotopic (exact) mass is 277 g/mol. The van der Waals surface area contributed by atoms with E-state index in [1.165, 1.54) is 0 Å². The lowest BCUT2D eigenvalue weighted by atomic mass is 9.92. The van der Waals surface area contributed by atoms with Crippen LogP contribution >= 0.6 is 0 Å². The zero-order valence-corrected chi connectivity index (χ0v) is 11.0. The average molecular weight is 277 g/mol. The van der Waals surface area contributed by atoms with Crippen LogP contribution in [0.25, 0.3) is 0 Å². The van der Waals surface area contributed by atoms with Crippen molar-refractivity contribution in [3.63, 3.8) is 0 Å². The summed E-state index contributed by atoms with van der Waals surface area (Å²) in [5.74, 6) is -3.14. The number of halogens is 3. The maximum atomic E-state index is 13.5. The van der Waals surface area contributed by atoms with E-state index >= 15 is 0 Å². The zero-order chi connectivity index (χ0) is 14.6. The molecule has 0 heterocycles. The van der Waals surface area contributed by atoms with Crippen LogP contribution in [0.5, 0.6) is 0 Å². The molecule has 6 heteroatoms. The van der Waals surface area contributed by atoms with Gasteiger partial charge in [0.05, 0.1) is 13.2 Å². The summed E-state index contributed by atoms with van der Waals surface area (Å²) in [5.41, 5.74) is -0.705. The molecule has 0 amide bonds. The molecule has 0 aliphatic heterocycles. The fraction of sp³-hybridized carbons (Fsp3) is 0.538. The molecule has 19 heavy (non-hydrogen) atoms. The van der Waals surface area contributed by atoms with E-state index in [2.05, 4.69) is 0 Å². The summed E-state index contributed by atoms with van der Waals surface area (Å²) in [6.07, 6.45) is 0. The number of rotatable bonds is 6. The number of aliphatic hydroxyl groups excluding tert-OH is 2. The van der Waals surface area contributed by atoms with Crippen molar-refractivity contribution in [1.82, 2.24) is 4.90 Å². The molecule has 0 aromatic heterocycles. The van der Waals surface area contributed by atoms with E-state index in [4.69, 9.17) is 10.2 Å². The number of aliphatic hydroxyl groups is 2. The van der Waals surface area contributed by atoms with Gasteiger partial charge in [-0.3, -0.25) is 0 Å². The second-order valence-electron chi connectivity index (χ2n) is 5.16. The first-order chi connectivity index (χ1) is 8.81. The quantitative estimate of drug-likeness (QED) is 0.775. The zero-order valence-electron chi connectivity index (χ0n) is 11.0. The van der Waals surface area contributed by atoms with Gasteiger partial charge >= 0.3 is 0 Å². The topological polar surface area (TPSA) is 43.7 Å². The van der Waals surface area contributed by atoms with Gasteiger partial charge in [-0.05, 0) is 13.1 Å². The molecule has 1 aromatic carbocycles. The summed E-state index contributed by atoms with van der Waals surface area (Å²) < 4.78 is 39.3. The van der Waals surface area contributed by atoms with Gasteiger partial charge in [0, 0.05) is 30.1 Å². The van der Waals surface area contributed by atoms with E-state index in [1.54, 1.807) is 18.9 Å². The number of hydrogen-bond donors (Lipinski definition) is 2. The lowest BCUT2D eigenvalue weighted by Gasteiger charge is -2.30. The van der Waals surface area contributed by atoms with Crippen molar-refractivity contribution in [1.29, 1.82) is 0 Å². The van der Waals surface area contributed by atoms with E-state index < -0.39 is 22.9 Å². The Balaban J connectivity index is 2.77. The van der Waals surface area contributed by atoms with Crippen molar-refractivity contribution >= 4 is 0 Å². The van der Waals surface area contributed by atoms with E-state index in [0.717, 1.165) is 6.07 Å². The molecule has 0 spiro atoms. The molecule has 3 nitrogen and oxygen atoms in total. The van der Waals surface area contributed by atoms with Crippen molar-refractivity contribution in [3.8, 4) is 0 Å². The summed E-state index contributed by atoms with van der Waals surface area (Å²) >= 11 is 0. The van der Waals surface area contributed by atoms with Crippen molar-refractivity contribution < 1.29 is 23.4 Å². The van der Waals surface area contributed by atoms with Crippen LogP contribution in [0.4, 0.5) is 13.2 Å². The minimum absolute atomic E-state index is 0.0274. The Hall–Kier alpha value is -1.11. The SMILES string of the molecule is CN(Cc1cc(F)c(F)cc1F)CC(C)(CO)CO. The number of nitrogens with zero attached hydrogens (tertiary/aromatic N) is 1. The normalized spacial score (nSPS) is 12.2. The molecule has 0 fully saturated rings. The lowest BCUT2D eigenvalue weighted by Crippen LogP contribution is -2.38. The average Bonchev–Trinajstić information content (AvgIpc) is 2.35. The standard InChI is InChI=1S/C13H18F3NO2/c1-13(7-18,8-19)6-17(2)5-9-3-11(15)12(16)4-10(9)14/h3-4,18-19H,5-8H2,1-2H3.